The van der Waals surface area contributed by atoms with Crippen molar-refractivity contribution in [2.24, 2.45) is 0 Å². The summed E-state index contributed by atoms with van der Waals surface area (Å²) in [6.07, 6.45) is 3.06. The van der Waals surface area contributed by atoms with E-state index < -0.39 is 11.6 Å². The summed E-state index contributed by atoms with van der Waals surface area (Å²) in [5.41, 5.74) is 0.668. The van der Waals surface area contributed by atoms with Crippen molar-refractivity contribution in [3.05, 3.63) is 66.5 Å². The van der Waals surface area contributed by atoms with E-state index in [9.17, 15) is 8.78 Å². The zero-order valence-corrected chi connectivity index (χ0v) is 12.3. The van der Waals surface area contributed by atoms with Crippen molar-refractivity contribution in [1.29, 1.82) is 0 Å². The monoisotopic (exact) mass is 313 g/mol. The van der Waals surface area contributed by atoms with E-state index in [1.165, 1.54) is 18.3 Å². The topological polar surface area (TPSA) is 47.0 Å². The number of rotatable bonds is 4. The standard InChI is InChI=1S/C17H13F2N3O/c1-23-12-6-8-16(21-10-12)22-15-7-5-11(9-20-15)13-3-2-4-14(18)17(13)19/h2-10H,1H3,(H,20,21,22). The molecule has 0 radical (unpaired) electrons. The SMILES string of the molecule is COc1ccc(Nc2ccc(-c3cccc(F)c3F)cn2)nc1. The van der Waals surface area contributed by atoms with Crippen LogP contribution in [0.2, 0.25) is 0 Å². The van der Waals surface area contributed by atoms with Gasteiger partial charge in [-0.3, -0.25) is 0 Å². The molecule has 4 nitrogen and oxygen atoms in total. The van der Waals surface area contributed by atoms with Crippen molar-refractivity contribution in [2.75, 3.05) is 12.4 Å². The van der Waals surface area contributed by atoms with E-state index in [1.807, 2.05) is 0 Å². The molecule has 23 heavy (non-hydrogen) atoms. The number of ether oxygens (including phenoxy) is 1. The molecule has 1 N–H and O–H groups in total. The summed E-state index contributed by atoms with van der Waals surface area (Å²) < 4.78 is 32.1. The number of halogens is 2. The molecule has 0 saturated heterocycles. The minimum absolute atomic E-state index is 0.173. The molecule has 0 fully saturated rings. The van der Waals surface area contributed by atoms with Gasteiger partial charge < -0.3 is 10.1 Å². The highest BCUT2D eigenvalue weighted by Gasteiger charge is 2.10. The van der Waals surface area contributed by atoms with Gasteiger partial charge >= 0.3 is 0 Å². The molecule has 1 aromatic carbocycles. The molecule has 116 valence electrons. The van der Waals surface area contributed by atoms with Crippen molar-refractivity contribution < 1.29 is 13.5 Å². The lowest BCUT2D eigenvalue weighted by atomic mass is 10.1. The van der Waals surface area contributed by atoms with Gasteiger partial charge in [0.25, 0.3) is 0 Å². The number of methoxy groups -OCH3 is 1. The van der Waals surface area contributed by atoms with Crippen molar-refractivity contribution in [3.8, 4) is 16.9 Å². The van der Waals surface area contributed by atoms with Gasteiger partial charge in [0.2, 0.25) is 0 Å². The number of benzene rings is 1. The molecular formula is C17H13F2N3O. The number of anilines is 2. The van der Waals surface area contributed by atoms with E-state index in [0.717, 1.165) is 6.07 Å². The second-order valence-electron chi connectivity index (χ2n) is 4.74. The zero-order valence-electron chi connectivity index (χ0n) is 12.3. The van der Waals surface area contributed by atoms with Crippen LogP contribution in [0.3, 0.4) is 0 Å². The first-order valence-corrected chi connectivity index (χ1v) is 6.85. The predicted octanol–water partition coefficient (Wildman–Crippen LogP) is 4.17. The number of pyridine rings is 2. The van der Waals surface area contributed by atoms with E-state index in [1.54, 1.807) is 37.6 Å². The third kappa shape index (κ3) is 3.26. The molecule has 0 atom stereocenters. The van der Waals surface area contributed by atoms with Crippen LogP contribution in [-0.4, -0.2) is 17.1 Å². The maximum Gasteiger partial charge on any atom is 0.166 e. The molecule has 3 rings (SSSR count). The first-order chi connectivity index (χ1) is 11.2. The Bertz CT molecular complexity index is 805. The summed E-state index contributed by atoms with van der Waals surface area (Å²) in [7, 11) is 1.57. The molecule has 0 aliphatic rings. The van der Waals surface area contributed by atoms with Gasteiger partial charge in [-0.25, -0.2) is 18.7 Å². The quantitative estimate of drug-likeness (QED) is 0.785. The number of hydrogen-bond acceptors (Lipinski definition) is 4. The third-order valence-corrected chi connectivity index (χ3v) is 3.25. The average Bonchev–Trinajstić information content (AvgIpc) is 2.59. The summed E-state index contributed by atoms with van der Waals surface area (Å²) in [5, 5.41) is 3.01. The van der Waals surface area contributed by atoms with Crippen LogP contribution in [0.1, 0.15) is 0 Å². The minimum atomic E-state index is -0.883. The second kappa shape index (κ2) is 6.39. The van der Waals surface area contributed by atoms with Crippen molar-refractivity contribution in [1.82, 2.24) is 9.97 Å². The Morgan fingerprint density at radius 2 is 1.65 bits per heavy atom. The Morgan fingerprint density at radius 3 is 2.26 bits per heavy atom. The van der Waals surface area contributed by atoms with Crippen LogP contribution in [0.4, 0.5) is 20.4 Å². The highest BCUT2D eigenvalue weighted by Crippen LogP contribution is 2.25. The highest BCUT2D eigenvalue weighted by molar-refractivity contribution is 5.65. The second-order valence-corrected chi connectivity index (χ2v) is 4.74. The normalized spacial score (nSPS) is 10.4. The molecule has 0 spiro atoms. The summed E-state index contributed by atoms with van der Waals surface area (Å²) in [5.74, 6) is 0.0330. The lowest BCUT2D eigenvalue weighted by Crippen LogP contribution is -1.96. The molecule has 0 aliphatic carbocycles. The fraction of sp³-hybridized carbons (Fsp3) is 0.0588. The first kappa shape index (κ1) is 14.9. The van der Waals surface area contributed by atoms with E-state index in [2.05, 4.69) is 15.3 Å². The fourth-order valence-electron chi connectivity index (χ4n) is 2.06. The van der Waals surface area contributed by atoms with Gasteiger partial charge in [0.1, 0.15) is 17.4 Å². The Hall–Kier alpha value is -3.02. The fourth-order valence-corrected chi connectivity index (χ4v) is 2.06. The lowest BCUT2D eigenvalue weighted by molar-refractivity contribution is 0.413. The van der Waals surface area contributed by atoms with Gasteiger partial charge in [0.05, 0.1) is 13.3 Å². The van der Waals surface area contributed by atoms with Gasteiger partial charge in [-0.05, 0) is 30.3 Å². The Morgan fingerprint density at radius 1 is 0.913 bits per heavy atom. The van der Waals surface area contributed by atoms with Crippen LogP contribution in [0.25, 0.3) is 11.1 Å². The number of nitrogens with zero attached hydrogens (tertiary/aromatic N) is 2. The average molecular weight is 313 g/mol. The third-order valence-electron chi connectivity index (χ3n) is 3.25. The van der Waals surface area contributed by atoms with Crippen molar-refractivity contribution >= 4 is 11.6 Å². The Balaban J connectivity index is 1.80. The van der Waals surface area contributed by atoms with Crippen molar-refractivity contribution in [2.45, 2.75) is 0 Å². The van der Waals surface area contributed by atoms with Gasteiger partial charge in [-0.1, -0.05) is 12.1 Å². The maximum absolute atomic E-state index is 13.8. The van der Waals surface area contributed by atoms with E-state index in [4.69, 9.17) is 4.74 Å². The first-order valence-electron chi connectivity index (χ1n) is 6.85. The molecule has 0 aliphatic heterocycles. The van der Waals surface area contributed by atoms with Gasteiger partial charge in [-0.15, -0.1) is 0 Å². The molecule has 0 bridgehead atoms. The van der Waals surface area contributed by atoms with Crippen LogP contribution >= 0.6 is 0 Å². The van der Waals surface area contributed by atoms with E-state index in [-0.39, 0.29) is 5.56 Å². The van der Waals surface area contributed by atoms with Gasteiger partial charge in [0.15, 0.2) is 11.6 Å². The molecule has 2 heterocycles. The summed E-state index contributed by atoms with van der Waals surface area (Å²) in [4.78, 5) is 8.36. The molecule has 6 heteroatoms. The lowest BCUT2D eigenvalue weighted by Gasteiger charge is -2.07. The molecule has 0 saturated carbocycles. The van der Waals surface area contributed by atoms with Crippen LogP contribution < -0.4 is 10.1 Å². The summed E-state index contributed by atoms with van der Waals surface area (Å²) in [6.45, 7) is 0. The van der Waals surface area contributed by atoms with Gasteiger partial charge in [0, 0.05) is 17.3 Å². The number of aromatic nitrogens is 2. The predicted molar refractivity (Wildman–Crippen MR) is 83.7 cm³/mol. The molecule has 0 amide bonds. The van der Waals surface area contributed by atoms with Crippen LogP contribution in [0.5, 0.6) is 5.75 Å². The van der Waals surface area contributed by atoms with Crippen LogP contribution in [0.15, 0.2) is 54.9 Å². The zero-order chi connectivity index (χ0) is 16.2. The molecule has 2 aromatic heterocycles. The van der Waals surface area contributed by atoms with Crippen molar-refractivity contribution in [3.63, 3.8) is 0 Å². The number of hydrogen-bond donors (Lipinski definition) is 1. The Labute approximate surface area is 131 Å². The highest BCUT2D eigenvalue weighted by atomic mass is 19.2. The number of nitrogens with one attached hydrogen (secondary N) is 1. The molecule has 3 aromatic rings. The molecular weight excluding hydrogens is 300 g/mol. The summed E-state index contributed by atoms with van der Waals surface area (Å²) in [6, 6.07) is 10.9. The van der Waals surface area contributed by atoms with Crippen LogP contribution in [-0.2, 0) is 0 Å². The Kier molecular flexibility index (Phi) is 4.14. The van der Waals surface area contributed by atoms with E-state index >= 15 is 0 Å². The summed E-state index contributed by atoms with van der Waals surface area (Å²) >= 11 is 0. The van der Waals surface area contributed by atoms with Gasteiger partial charge in [-0.2, -0.15) is 0 Å². The van der Waals surface area contributed by atoms with Crippen LogP contribution in [0, 0.1) is 11.6 Å². The largest absolute Gasteiger partial charge is 0.495 e. The molecule has 0 unspecified atom stereocenters. The smallest absolute Gasteiger partial charge is 0.166 e. The van der Waals surface area contributed by atoms with E-state index in [0.29, 0.717) is 22.9 Å². The minimum Gasteiger partial charge on any atom is -0.495 e. The maximum atomic E-state index is 13.8.